The van der Waals surface area contributed by atoms with Gasteiger partial charge in [-0.05, 0) is 24.3 Å². The Morgan fingerprint density at radius 2 is 1.71 bits per heavy atom. The van der Waals surface area contributed by atoms with E-state index in [1.54, 1.807) is 18.2 Å². The SMILES string of the molecule is Clc1ccc(OCc2cc3ccccc3nc2Cl)cc1Cl. The van der Waals surface area contributed by atoms with Crippen LogP contribution < -0.4 is 4.74 Å². The van der Waals surface area contributed by atoms with Crippen LogP contribution in [0.2, 0.25) is 15.2 Å². The Kier molecular flexibility index (Phi) is 4.20. The molecule has 21 heavy (non-hydrogen) atoms. The molecular formula is C16H10Cl3NO. The number of aromatic nitrogens is 1. The van der Waals surface area contributed by atoms with E-state index in [0.29, 0.717) is 27.6 Å². The highest BCUT2D eigenvalue weighted by molar-refractivity contribution is 6.42. The lowest BCUT2D eigenvalue weighted by atomic mass is 10.2. The van der Waals surface area contributed by atoms with Crippen molar-refractivity contribution in [3.63, 3.8) is 0 Å². The third-order valence-corrected chi connectivity index (χ3v) is 4.10. The van der Waals surface area contributed by atoms with Crippen LogP contribution >= 0.6 is 34.8 Å². The normalized spacial score (nSPS) is 10.8. The summed E-state index contributed by atoms with van der Waals surface area (Å²) in [7, 11) is 0. The molecule has 0 N–H and O–H groups in total. The standard InChI is InChI=1S/C16H10Cl3NO/c17-13-6-5-12(8-14(13)18)21-9-11-7-10-3-1-2-4-15(10)20-16(11)19/h1-8H,9H2. The molecule has 0 saturated heterocycles. The first-order chi connectivity index (χ1) is 10.1. The van der Waals surface area contributed by atoms with E-state index in [0.717, 1.165) is 16.5 Å². The molecule has 0 atom stereocenters. The molecule has 0 radical (unpaired) electrons. The Morgan fingerprint density at radius 1 is 0.905 bits per heavy atom. The molecule has 3 aromatic rings. The first-order valence-corrected chi connectivity index (χ1v) is 7.39. The van der Waals surface area contributed by atoms with Crippen LogP contribution in [0.1, 0.15) is 5.56 Å². The summed E-state index contributed by atoms with van der Waals surface area (Å²) in [5.74, 6) is 0.633. The van der Waals surface area contributed by atoms with Crippen LogP contribution in [0.3, 0.4) is 0 Å². The largest absolute Gasteiger partial charge is 0.489 e. The Bertz CT molecular complexity index is 805. The Morgan fingerprint density at radius 3 is 2.52 bits per heavy atom. The second-order valence-electron chi connectivity index (χ2n) is 4.50. The van der Waals surface area contributed by atoms with Gasteiger partial charge in [-0.25, -0.2) is 4.98 Å². The summed E-state index contributed by atoms with van der Waals surface area (Å²) in [5, 5.41) is 2.41. The molecule has 0 aliphatic heterocycles. The molecule has 3 rings (SSSR count). The highest BCUT2D eigenvalue weighted by Crippen LogP contribution is 2.27. The summed E-state index contributed by atoms with van der Waals surface area (Å²) in [6.07, 6.45) is 0. The van der Waals surface area contributed by atoms with Gasteiger partial charge in [-0.2, -0.15) is 0 Å². The second kappa shape index (κ2) is 6.10. The van der Waals surface area contributed by atoms with Gasteiger partial charge in [0, 0.05) is 17.0 Å². The minimum absolute atomic E-state index is 0.314. The number of pyridine rings is 1. The Labute approximate surface area is 137 Å². The smallest absolute Gasteiger partial charge is 0.136 e. The van der Waals surface area contributed by atoms with Crippen LogP contribution in [0.5, 0.6) is 5.75 Å². The number of fused-ring (bicyclic) bond motifs is 1. The molecule has 1 aromatic heterocycles. The van der Waals surface area contributed by atoms with E-state index in [4.69, 9.17) is 39.5 Å². The van der Waals surface area contributed by atoms with E-state index in [1.165, 1.54) is 0 Å². The first kappa shape index (κ1) is 14.5. The lowest BCUT2D eigenvalue weighted by molar-refractivity contribution is 0.306. The van der Waals surface area contributed by atoms with E-state index in [9.17, 15) is 0 Å². The van der Waals surface area contributed by atoms with Gasteiger partial charge in [-0.15, -0.1) is 0 Å². The van der Waals surface area contributed by atoms with Crippen molar-refractivity contribution in [1.82, 2.24) is 4.98 Å². The zero-order valence-electron chi connectivity index (χ0n) is 10.8. The third kappa shape index (κ3) is 3.24. The van der Waals surface area contributed by atoms with E-state index in [2.05, 4.69) is 4.98 Å². The first-order valence-electron chi connectivity index (χ1n) is 6.25. The summed E-state index contributed by atoms with van der Waals surface area (Å²) < 4.78 is 5.69. The summed E-state index contributed by atoms with van der Waals surface area (Å²) >= 11 is 18.0. The molecule has 2 nitrogen and oxygen atoms in total. The molecule has 0 bridgehead atoms. The quantitative estimate of drug-likeness (QED) is 0.565. The molecule has 0 spiro atoms. The summed E-state index contributed by atoms with van der Waals surface area (Å²) in [5.41, 5.74) is 1.68. The number of rotatable bonds is 3. The van der Waals surface area contributed by atoms with Crippen molar-refractivity contribution in [2.24, 2.45) is 0 Å². The maximum atomic E-state index is 6.19. The van der Waals surface area contributed by atoms with Crippen LogP contribution in [0.15, 0.2) is 48.5 Å². The molecular weight excluding hydrogens is 329 g/mol. The molecule has 5 heteroatoms. The Hall–Kier alpha value is -1.48. The van der Waals surface area contributed by atoms with Crippen molar-refractivity contribution in [3.05, 3.63) is 69.3 Å². The van der Waals surface area contributed by atoms with Gasteiger partial charge >= 0.3 is 0 Å². The summed E-state index contributed by atoms with van der Waals surface area (Å²) in [6.45, 7) is 0.314. The van der Waals surface area contributed by atoms with Gasteiger partial charge in [0.15, 0.2) is 0 Å². The lowest BCUT2D eigenvalue weighted by Gasteiger charge is -2.09. The van der Waals surface area contributed by atoms with Crippen molar-refractivity contribution in [3.8, 4) is 5.75 Å². The van der Waals surface area contributed by atoms with Crippen LogP contribution in [0, 0.1) is 0 Å². The average molecular weight is 339 g/mol. The van der Waals surface area contributed by atoms with Crippen LogP contribution in [-0.2, 0) is 6.61 Å². The number of halogens is 3. The molecule has 0 fully saturated rings. The fourth-order valence-electron chi connectivity index (χ4n) is 1.97. The van der Waals surface area contributed by atoms with Gasteiger partial charge in [-0.3, -0.25) is 0 Å². The van der Waals surface area contributed by atoms with Gasteiger partial charge in [-0.1, -0.05) is 53.0 Å². The van der Waals surface area contributed by atoms with E-state index in [1.807, 2.05) is 30.3 Å². The second-order valence-corrected chi connectivity index (χ2v) is 5.67. The highest BCUT2D eigenvalue weighted by atomic mass is 35.5. The minimum Gasteiger partial charge on any atom is -0.489 e. The molecule has 0 amide bonds. The van der Waals surface area contributed by atoms with Gasteiger partial charge in [0.1, 0.15) is 17.5 Å². The van der Waals surface area contributed by atoms with Crippen molar-refractivity contribution in [2.75, 3.05) is 0 Å². The predicted octanol–water partition coefficient (Wildman–Crippen LogP) is 5.77. The summed E-state index contributed by atoms with van der Waals surface area (Å²) in [4.78, 5) is 4.36. The van der Waals surface area contributed by atoms with Gasteiger partial charge < -0.3 is 4.74 Å². The lowest BCUT2D eigenvalue weighted by Crippen LogP contribution is -1.98. The molecule has 0 unspecified atom stereocenters. The van der Waals surface area contributed by atoms with E-state index in [-0.39, 0.29) is 0 Å². The van der Waals surface area contributed by atoms with Crippen molar-refractivity contribution in [2.45, 2.75) is 6.61 Å². The molecule has 0 saturated carbocycles. The minimum atomic E-state index is 0.314. The zero-order chi connectivity index (χ0) is 14.8. The number of para-hydroxylation sites is 1. The van der Waals surface area contributed by atoms with Gasteiger partial charge in [0.05, 0.1) is 15.6 Å². The number of ether oxygens (including phenoxy) is 1. The molecule has 0 aliphatic rings. The maximum absolute atomic E-state index is 6.19. The number of benzene rings is 2. The van der Waals surface area contributed by atoms with Crippen molar-refractivity contribution in [1.29, 1.82) is 0 Å². The van der Waals surface area contributed by atoms with E-state index >= 15 is 0 Å². The fourth-order valence-corrected chi connectivity index (χ4v) is 2.45. The predicted molar refractivity (Wildman–Crippen MR) is 87.5 cm³/mol. The van der Waals surface area contributed by atoms with E-state index < -0.39 is 0 Å². The fraction of sp³-hybridized carbons (Fsp3) is 0.0625. The number of hydrogen-bond acceptors (Lipinski definition) is 2. The maximum Gasteiger partial charge on any atom is 0.136 e. The number of hydrogen-bond donors (Lipinski definition) is 0. The van der Waals surface area contributed by atoms with Crippen LogP contribution in [0.25, 0.3) is 10.9 Å². The van der Waals surface area contributed by atoms with Gasteiger partial charge in [0.25, 0.3) is 0 Å². The third-order valence-electron chi connectivity index (χ3n) is 3.04. The molecule has 0 aliphatic carbocycles. The highest BCUT2D eigenvalue weighted by Gasteiger charge is 2.07. The van der Waals surface area contributed by atoms with Gasteiger partial charge in [0.2, 0.25) is 0 Å². The molecule has 106 valence electrons. The average Bonchev–Trinajstić information content (AvgIpc) is 2.48. The van der Waals surface area contributed by atoms with Crippen LogP contribution in [0.4, 0.5) is 0 Å². The van der Waals surface area contributed by atoms with Crippen molar-refractivity contribution >= 4 is 45.7 Å². The van der Waals surface area contributed by atoms with Crippen LogP contribution in [-0.4, -0.2) is 4.98 Å². The Balaban J connectivity index is 1.84. The molecule has 1 heterocycles. The number of nitrogens with zero attached hydrogens (tertiary/aromatic N) is 1. The summed E-state index contributed by atoms with van der Waals surface area (Å²) in [6, 6.07) is 14.9. The monoisotopic (exact) mass is 337 g/mol. The van der Waals surface area contributed by atoms with Crippen molar-refractivity contribution < 1.29 is 4.74 Å². The zero-order valence-corrected chi connectivity index (χ0v) is 13.1. The molecule has 2 aromatic carbocycles. The topological polar surface area (TPSA) is 22.1 Å².